The maximum absolute atomic E-state index is 12.9. The lowest BCUT2D eigenvalue weighted by atomic mass is 9.76. The molecule has 0 spiro atoms. The topological polar surface area (TPSA) is 79.6 Å². The van der Waals surface area contributed by atoms with E-state index in [1.165, 1.54) is 0 Å². The zero-order chi connectivity index (χ0) is 26.8. The van der Waals surface area contributed by atoms with Crippen LogP contribution in [0.2, 0.25) is 0 Å². The Morgan fingerprint density at radius 3 is 2.00 bits per heavy atom. The smallest absolute Gasteiger partial charge is 0.356 e. The molecular formula is C32H32N4O3. The van der Waals surface area contributed by atoms with Gasteiger partial charge in [-0.1, -0.05) is 91.0 Å². The number of aliphatic hydroxyl groups excluding tert-OH is 1. The van der Waals surface area contributed by atoms with E-state index in [4.69, 9.17) is 9.84 Å². The second-order valence-electron chi connectivity index (χ2n) is 9.81. The summed E-state index contributed by atoms with van der Waals surface area (Å²) >= 11 is 0. The molecule has 4 aromatic rings. The molecule has 0 saturated heterocycles. The number of carbonyl (C=O) groups is 1. The minimum Gasteiger partial charge on any atom is -0.461 e. The third-order valence-electron chi connectivity index (χ3n) is 7.67. The van der Waals surface area contributed by atoms with Gasteiger partial charge in [-0.25, -0.2) is 4.79 Å². The molecule has 198 valence electrons. The average Bonchev–Trinajstić information content (AvgIpc) is 3.57. The van der Waals surface area contributed by atoms with Crippen LogP contribution in [0.3, 0.4) is 0 Å². The minimum atomic E-state index is -0.626. The van der Waals surface area contributed by atoms with Crippen LogP contribution in [0.15, 0.2) is 96.7 Å². The maximum Gasteiger partial charge on any atom is 0.356 e. The first-order chi connectivity index (χ1) is 19.2. The van der Waals surface area contributed by atoms with E-state index in [9.17, 15) is 9.90 Å². The van der Waals surface area contributed by atoms with Crippen molar-refractivity contribution in [3.8, 4) is 0 Å². The predicted molar refractivity (Wildman–Crippen MR) is 150 cm³/mol. The maximum atomic E-state index is 12.9. The number of nitrogens with one attached hydrogen (secondary N) is 1. The molecule has 0 bridgehead atoms. The number of ether oxygens (including phenoxy) is 1. The van der Waals surface area contributed by atoms with E-state index in [0.717, 1.165) is 45.6 Å². The Kier molecular flexibility index (Phi) is 6.77. The molecule has 0 radical (unpaired) electrons. The number of aliphatic hydroxyl groups is 1. The number of hydrazine groups is 1. The molecule has 7 heteroatoms. The van der Waals surface area contributed by atoms with Crippen LogP contribution in [0, 0.1) is 0 Å². The number of aromatic nitrogens is 2. The van der Waals surface area contributed by atoms with E-state index in [1.54, 1.807) is 11.6 Å². The zero-order valence-corrected chi connectivity index (χ0v) is 22.0. The molecule has 3 aromatic carbocycles. The van der Waals surface area contributed by atoms with Crippen LogP contribution in [0.1, 0.15) is 51.8 Å². The number of nitrogens with zero attached hydrogens (tertiary/aromatic N) is 3. The highest BCUT2D eigenvalue weighted by Crippen LogP contribution is 2.46. The Hall–Kier alpha value is -4.20. The third kappa shape index (κ3) is 4.15. The van der Waals surface area contributed by atoms with Gasteiger partial charge in [0.05, 0.1) is 25.5 Å². The fourth-order valence-corrected chi connectivity index (χ4v) is 6.07. The normalized spacial score (nSPS) is 15.0. The minimum absolute atomic E-state index is 0.109. The fourth-order valence-electron chi connectivity index (χ4n) is 6.07. The van der Waals surface area contributed by atoms with Crippen molar-refractivity contribution in [1.29, 1.82) is 0 Å². The van der Waals surface area contributed by atoms with Crippen LogP contribution >= 0.6 is 0 Å². The largest absolute Gasteiger partial charge is 0.461 e. The van der Waals surface area contributed by atoms with Gasteiger partial charge in [-0.15, -0.1) is 0 Å². The summed E-state index contributed by atoms with van der Waals surface area (Å²) in [5.41, 5.74) is 10.9. The van der Waals surface area contributed by atoms with Gasteiger partial charge >= 0.3 is 5.97 Å². The van der Waals surface area contributed by atoms with Crippen molar-refractivity contribution in [2.24, 2.45) is 0 Å². The molecule has 2 aliphatic rings. The molecule has 6 rings (SSSR count). The quantitative estimate of drug-likeness (QED) is 0.263. The van der Waals surface area contributed by atoms with E-state index < -0.39 is 11.5 Å². The fraction of sp³-hybridized carbons (Fsp3) is 0.250. The van der Waals surface area contributed by atoms with Crippen LogP contribution < -0.4 is 5.43 Å². The number of carbonyl (C=O) groups excluding carboxylic acids is 1. The number of hydrogen-bond acceptors (Lipinski definition) is 6. The Morgan fingerprint density at radius 1 is 0.923 bits per heavy atom. The van der Waals surface area contributed by atoms with Crippen LogP contribution in [0.5, 0.6) is 0 Å². The summed E-state index contributed by atoms with van der Waals surface area (Å²) in [6, 6.07) is 31.7. The van der Waals surface area contributed by atoms with Crippen molar-refractivity contribution in [3.63, 3.8) is 0 Å². The Bertz CT molecular complexity index is 1400. The standard InChI is InChI=1S/C32H32N4O3/c1-2-39-31(38)30-26-18-19-28-27(29(26)34-35(30)20-21-37)22-36(33-28)32(23-12-6-3-7-13-23,24-14-8-4-9-15-24)25-16-10-5-11-17-25/h3-17,33,37H,2,18-22H2,1H3. The summed E-state index contributed by atoms with van der Waals surface area (Å²) in [5, 5.41) is 16.8. The molecule has 1 aromatic heterocycles. The first-order valence-corrected chi connectivity index (χ1v) is 13.5. The van der Waals surface area contributed by atoms with Gasteiger partial charge < -0.3 is 15.3 Å². The van der Waals surface area contributed by atoms with E-state index in [2.05, 4.69) is 83.2 Å². The predicted octanol–water partition coefficient (Wildman–Crippen LogP) is 4.52. The molecule has 0 amide bonds. The van der Waals surface area contributed by atoms with Crippen molar-refractivity contribution < 1.29 is 14.6 Å². The number of hydrogen-bond donors (Lipinski definition) is 2. The van der Waals surface area contributed by atoms with Crippen LogP contribution in [0.25, 0.3) is 5.57 Å². The molecule has 0 unspecified atom stereocenters. The summed E-state index contributed by atoms with van der Waals surface area (Å²) < 4.78 is 6.99. The zero-order valence-electron chi connectivity index (χ0n) is 22.0. The average molecular weight is 521 g/mol. The van der Waals surface area contributed by atoms with E-state index >= 15 is 0 Å². The first-order valence-electron chi connectivity index (χ1n) is 13.5. The van der Waals surface area contributed by atoms with Crippen LogP contribution in [0.4, 0.5) is 0 Å². The van der Waals surface area contributed by atoms with Gasteiger partial charge in [0, 0.05) is 23.4 Å². The summed E-state index contributed by atoms with van der Waals surface area (Å²) in [5.74, 6) is -0.390. The van der Waals surface area contributed by atoms with E-state index in [0.29, 0.717) is 18.7 Å². The highest BCUT2D eigenvalue weighted by atomic mass is 16.5. The summed E-state index contributed by atoms with van der Waals surface area (Å²) in [6.07, 6.45) is 1.42. The van der Waals surface area contributed by atoms with Crippen molar-refractivity contribution in [1.82, 2.24) is 20.2 Å². The molecular weight excluding hydrogens is 488 g/mol. The monoisotopic (exact) mass is 520 g/mol. The SMILES string of the molecule is CCOC(=O)c1c2c(nn1CCO)C1=C(CC2)NN(C(c2ccccc2)(c2ccccc2)c2ccccc2)C1. The molecule has 2 heterocycles. The Labute approximate surface area is 228 Å². The second kappa shape index (κ2) is 10.5. The van der Waals surface area contributed by atoms with Crippen LogP contribution in [-0.4, -0.2) is 45.6 Å². The highest BCUT2D eigenvalue weighted by Gasteiger charge is 2.47. The molecule has 2 N–H and O–H groups in total. The van der Waals surface area contributed by atoms with Crippen LogP contribution in [-0.2, 0) is 23.2 Å². The van der Waals surface area contributed by atoms with Gasteiger partial charge in [-0.2, -0.15) is 10.1 Å². The molecule has 0 saturated carbocycles. The van der Waals surface area contributed by atoms with Gasteiger partial charge in [-0.05, 0) is 36.5 Å². The molecule has 7 nitrogen and oxygen atoms in total. The molecule has 0 fully saturated rings. The highest BCUT2D eigenvalue weighted by molar-refractivity contribution is 5.92. The lowest BCUT2D eigenvalue weighted by Crippen LogP contribution is -2.52. The number of esters is 1. The molecule has 1 aliphatic carbocycles. The van der Waals surface area contributed by atoms with E-state index in [1.807, 2.05) is 18.2 Å². The lowest BCUT2D eigenvalue weighted by Gasteiger charge is -2.43. The number of benzene rings is 3. The third-order valence-corrected chi connectivity index (χ3v) is 7.67. The van der Waals surface area contributed by atoms with Crippen molar-refractivity contribution in [2.75, 3.05) is 19.8 Å². The number of fused-ring (bicyclic) bond motifs is 2. The molecule has 0 atom stereocenters. The summed E-state index contributed by atoms with van der Waals surface area (Å²) in [7, 11) is 0. The first kappa shape index (κ1) is 25.1. The molecule has 1 aliphatic heterocycles. The van der Waals surface area contributed by atoms with Gasteiger partial charge in [0.15, 0.2) is 0 Å². The van der Waals surface area contributed by atoms with Crippen molar-refractivity contribution in [3.05, 3.63) is 130 Å². The second-order valence-corrected chi connectivity index (χ2v) is 9.81. The summed E-state index contributed by atoms with van der Waals surface area (Å²) in [6.45, 7) is 2.80. The van der Waals surface area contributed by atoms with Gasteiger partial charge in [0.2, 0.25) is 0 Å². The Balaban J connectivity index is 1.50. The van der Waals surface area contributed by atoms with Gasteiger partial charge in [0.1, 0.15) is 11.2 Å². The summed E-state index contributed by atoms with van der Waals surface area (Å²) in [4.78, 5) is 12.9. The van der Waals surface area contributed by atoms with Gasteiger partial charge in [-0.3, -0.25) is 4.68 Å². The van der Waals surface area contributed by atoms with Gasteiger partial charge in [0.25, 0.3) is 0 Å². The number of rotatable bonds is 8. The van der Waals surface area contributed by atoms with Crippen molar-refractivity contribution in [2.45, 2.75) is 31.8 Å². The lowest BCUT2D eigenvalue weighted by molar-refractivity contribution is 0.0509. The Morgan fingerprint density at radius 2 is 1.49 bits per heavy atom. The van der Waals surface area contributed by atoms with E-state index in [-0.39, 0.29) is 19.8 Å². The van der Waals surface area contributed by atoms with Crippen molar-refractivity contribution >= 4 is 11.5 Å². The molecule has 39 heavy (non-hydrogen) atoms. The number of allylic oxidation sites excluding steroid dienone is 1.